The summed E-state index contributed by atoms with van der Waals surface area (Å²) in [5.41, 5.74) is 2.83. The number of hydrogen-bond donors (Lipinski definition) is 1. The van der Waals surface area contributed by atoms with Gasteiger partial charge >= 0.3 is 0 Å². The van der Waals surface area contributed by atoms with Crippen molar-refractivity contribution in [2.24, 2.45) is 7.05 Å². The quantitative estimate of drug-likeness (QED) is 0.928. The number of nitrogens with zero attached hydrogens (tertiary/aromatic N) is 2. The van der Waals surface area contributed by atoms with Crippen LogP contribution in [0.5, 0.6) is 0 Å². The maximum absolute atomic E-state index is 4.20. The van der Waals surface area contributed by atoms with E-state index < -0.39 is 0 Å². The molecule has 0 aliphatic heterocycles. The monoisotopic (exact) mass is 275 g/mol. The molecule has 0 bridgehead atoms. The summed E-state index contributed by atoms with van der Waals surface area (Å²) in [5.74, 6) is 0. The predicted molar refractivity (Wildman–Crippen MR) is 79.4 cm³/mol. The third-order valence-corrected chi connectivity index (χ3v) is 5.37. The number of aryl methyl sites for hydroxylation is 3. The molecule has 0 spiro atoms. The molecule has 3 rings (SSSR count). The maximum Gasteiger partial charge on any atom is 0.0518 e. The maximum atomic E-state index is 4.20. The summed E-state index contributed by atoms with van der Waals surface area (Å²) < 4.78 is 1.93. The van der Waals surface area contributed by atoms with E-state index in [9.17, 15) is 0 Å². The van der Waals surface area contributed by atoms with E-state index in [1.54, 1.807) is 10.4 Å². The zero-order chi connectivity index (χ0) is 13.2. The highest BCUT2D eigenvalue weighted by molar-refractivity contribution is 7.12. The lowest BCUT2D eigenvalue weighted by atomic mass is 9.99. The van der Waals surface area contributed by atoms with Crippen LogP contribution in [0.15, 0.2) is 18.3 Å². The number of hydrogen-bond acceptors (Lipinski definition) is 3. The number of nitrogens with one attached hydrogen (secondary N) is 1. The number of rotatable bonds is 4. The van der Waals surface area contributed by atoms with Gasteiger partial charge in [0.15, 0.2) is 0 Å². The lowest BCUT2D eigenvalue weighted by Crippen LogP contribution is -2.19. The van der Waals surface area contributed by atoms with Gasteiger partial charge in [-0.15, -0.1) is 11.3 Å². The van der Waals surface area contributed by atoms with Crippen LogP contribution in [0, 0.1) is 0 Å². The second-order valence-corrected chi connectivity index (χ2v) is 6.52. The summed E-state index contributed by atoms with van der Waals surface area (Å²) in [5, 5.41) is 7.80. The van der Waals surface area contributed by atoms with Gasteiger partial charge in [-0.25, -0.2) is 0 Å². The molecular weight excluding hydrogens is 254 g/mol. The first-order valence-corrected chi connectivity index (χ1v) is 7.87. The van der Waals surface area contributed by atoms with Crippen LogP contribution in [0.1, 0.15) is 46.8 Å². The third-order valence-electron chi connectivity index (χ3n) is 3.95. The average Bonchev–Trinajstić information content (AvgIpc) is 3.01. The zero-order valence-corrected chi connectivity index (χ0v) is 12.5. The molecule has 102 valence electrons. The Labute approximate surface area is 118 Å². The number of thiophene rings is 1. The van der Waals surface area contributed by atoms with Crippen LogP contribution in [-0.4, -0.2) is 9.78 Å². The first-order chi connectivity index (χ1) is 9.24. The van der Waals surface area contributed by atoms with Crippen LogP contribution in [0.3, 0.4) is 0 Å². The summed E-state index contributed by atoms with van der Waals surface area (Å²) in [6, 6.07) is 4.91. The summed E-state index contributed by atoms with van der Waals surface area (Å²) in [6.45, 7) is 3.13. The molecule has 0 saturated carbocycles. The van der Waals surface area contributed by atoms with E-state index in [2.05, 4.69) is 29.5 Å². The molecule has 4 heteroatoms. The fourth-order valence-electron chi connectivity index (χ4n) is 2.66. The molecule has 1 atom stereocenters. The van der Waals surface area contributed by atoms with Crippen molar-refractivity contribution in [3.05, 3.63) is 39.3 Å². The second-order valence-electron chi connectivity index (χ2n) is 5.35. The minimum Gasteiger partial charge on any atom is -0.304 e. The van der Waals surface area contributed by atoms with Crippen LogP contribution in [-0.2, 0) is 26.4 Å². The normalized spacial score (nSPS) is 16.3. The molecule has 1 N–H and O–H groups in total. The smallest absolute Gasteiger partial charge is 0.0518 e. The van der Waals surface area contributed by atoms with Crippen molar-refractivity contribution in [1.82, 2.24) is 15.1 Å². The van der Waals surface area contributed by atoms with Crippen LogP contribution < -0.4 is 5.32 Å². The van der Waals surface area contributed by atoms with Gasteiger partial charge in [0.2, 0.25) is 0 Å². The van der Waals surface area contributed by atoms with Crippen LogP contribution in [0.25, 0.3) is 0 Å². The van der Waals surface area contributed by atoms with Crippen molar-refractivity contribution in [3.63, 3.8) is 0 Å². The minimum atomic E-state index is 0.422. The fraction of sp³-hybridized carbons (Fsp3) is 0.533. The highest BCUT2D eigenvalue weighted by Gasteiger charge is 2.16. The van der Waals surface area contributed by atoms with E-state index in [4.69, 9.17) is 0 Å². The Hall–Kier alpha value is -1.13. The summed E-state index contributed by atoms with van der Waals surface area (Å²) >= 11 is 2.00. The molecule has 0 amide bonds. The predicted octanol–water partition coefficient (Wildman–Crippen LogP) is 3.21. The number of fused-ring (bicyclic) bond motifs is 1. The average molecular weight is 275 g/mol. The van der Waals surface area contributed by atoms with E-state index in [1.807, 2.05) is 29.3 Å². The van der Waals surface area contributed by atoms with Crippen molar-refractivity contribution in [2.45, 2.75) is 45.2 Å². The van der Waals surface area contributed by atoms with Gasteiger partial charge in [-0.3, -0.25) is 4.68 Å². The van der Waals surface area contributed by atoms with Gasteiger partial charge in [0, 0.05) is 35.6 Å². The molecule has 1 unspecified atom stereocenters. The van der Waals surface area contributed by atoms with E-state index in [-0.39, 0.29) is 0 Å². The van der Waals surface area contributed by atoms with Gasteiger partial charge in [-0.2, -0.15) is 5.10 Å². The van der Waals surface area contributed by atoms with Gasteiger partial charge in [-0.05, 0) is 50.3 Å². The molecule has 0 fully saturated rings. The first-order valence-electron chi connectivity index (χ1n) is 7.06. The van der Waals surface area contributed by atoms with E-state index in [0.29, 0.717) is 6.04 Å². The van der Waals surface area contributed by atoms with Gasteiger partial charge in [0.05, 0.1) is 5.69 Å². The molecule has 19 heavy (non-hydrogen) atoms. The Morgan fingerprint density at radius 3 is 3.00 bits per heavy atom. The minimum absolute atomic E-state index is 0.422. The molecule has 1 aliphatic rings. The molecule has 0 saturated heterocycles. The van der Waals surface area contributed by atoms with Crippen LogP contribution in [0.2, 0.25) is 0 Å². The van der Waals surface area contributed by atoms with Gasteiger partial charge in [0.1, 0.15) is 0 Å². The van der Waals surface area contributed by atoms with Crippen molar-refractivity contribution < 1.29 is 0 Å². The largest absolute Gasteiger partial charge is 0.304 e. The molecule has 1 aliphatic carbocycles. The Kier molecular flexibility index (Phi) is 3.71. The highest BCUT2D eigenvalue weighted by atomic mass is 32.1. The second kappa shape index (κ2) is 5.47. The Bertz CT molecular complexity index is 532. The molecule has 2 aromatic heterocycles. The van der Waals surface area contributed by atoms with Gasteiger partial charge < -0.3 is 5.32 Å². The van der Waals surface area contributed by atoms with Crippen molar-refractivity contribution in [3.8, 4) is 0 Å². The Morgan fingerprint density at radius 2 is 2.26 bits per heavy atom. The Balaban J connectivity index is 1.65. The lowest BCUT2D eigenvalue weighted by Gasteiger charge is -2.12. The van der Waals surface area contributed by atoms with Crippen LogP contribution in [0.4, 0.5) is 0 Å². The molecule has 2 heterocycles. The van der Waals surface area contributed by atoms with Crippen molar-refractivity contribution in [2.75, 3.05) is 0 Å². The van der Waals surface area contributed by atoms with Gasteiger partial charge in [-0.1, -0.05) is 0 Å². The van der Waals surface area contributed by atoms with Crippen molar-refractivity contribution in [1.29, 1.82) is 0 Å². The summed E-state index contributed by atoms with van der Waals surface area (Å²) in [6.07, 6.45) is 7.14. The summed E-state index contributed by atoms with van der Waals surface area (Å²) in [7, 11) is 1.99. The highest BCUT2D eigenvalue weighted by Crippen LogP contribution is 2.32. The summed E-state index contributed by atoms with van der Waals surface area (Å²) in [4.78, 5) is 3.10. The number of aromatic nitrogens is 2. The standard InChI is InChI=1S/C15H21N3S/c1-11(16-10-13-7-8-17-18(13)2)15-9-12-5-3-4-6-14(12)19-15/h7-9,11,16H,3-6,10H2,1-2H3. The zero-order valence-electron chi connectivity index (χ0n) is 11.6. The van der Waals surface area contributed by atoms with E-state index in [0.717, 1.165) is 6.54 Å². The molecule has 0 aromatic carbocycles. The van der Waals surface area contributed by atoms with E-state index in [1.165, 1.54) is 36.3 Å². The Morgan fingerprint density at radius 1 is 1.42 bits per heavy atom. The molecule has 0 radical (unpaired) electrons. The van der Waals surface area contributed by atoms with E-state index >= 15 is 0 Å². The molecular formula is C15H21N3S. The first kappa shape index (κ1) is 12.9. The third kappa shape index (κ3) is 2.74. The van der Waals surface area contributed by atoms with Gasteiger partial charge in [0.25, 0.3) is 0 Å². The fourth-order valence-corrected chi connectivity index (χ4v) is 3.94. The van der Waals surface area contributed by atoms with Crippen molar-refractivity contribution >= 4 is 11.3 Å². The SMILES string of the molecule is CC(NCc1ccnn1C)c1cc2c(s1)CCCC2. The lowest BCUT2D eigenvalue weighted by molar-refractivity contribution is 0.554. The molecule has 2 aromatic rings. The topological polar surface area (TPSA) is 29.9 Å². The molecule has 3 nitrogen and oxygen atoms in total. The van der Waals surface area contributed by atoms with Crippen LogP contribution >= 0.6 is 11.3 Å².